The Balaban J connectivity index is 1.72. The Morgan fingerprint density at radius 3 is 2.36 bits per heavy atom. The van der Waals surface area contributed by atoms with Crippen molar-refractivity contribution >= 4 is 6.21 Å². The molecule has 0 amide bonds. The Labute approximate surface area is 142 Å². The molecule has 3 heterocycles. The van der Waals surface area contributed by atoms with Crippen molar-refractivity contribution in [3.05, 3.63) is 77.9 Å². The highest BCUT2D eigenvalue weighted by Gasteiger charge is 2.42. The third-order valence-electron chi connectivity index (χ3n) is 4.58. The van der Waals surface area contributed by atoms with E-state index in [0.29, 0.717) is 0 Å². The number of aromatic nitrogens is 1. The standard InChI is InChI=1S/C18H15F3N4/c19-18(20,21)14-3-1-13(2-4-14)17-16(12-5-7-22-8-6-12)15-11-23-9-10-25(15)24-17/h1-11,15-17,24H. The van der Waals surface area contributed by atoms with Gasteiger partial charge < -0.3 is 5.01 Å². The maximum absolute atomic E-state index is 12.8. The van der Waals surface area contributed by atoms with E-state index in [1.165, 1.54) is 12.1 Å². The first-order valence-corrected chi connectivity index (χ1v) is 7.85. The number of hydrogen-bond acceptors (Lipinski definition) is 4. The number of aliphatic imine (C=N–C) groups is 1. The van der Waals surface area contributed by atoms with Gasteiger partial charge in [-0.1, -0.05) is 12.1 Å². The molecule has 4 nitrogen and oxygen atoms in total. The van der Waals surface area contributed by atoms with E-state index >= 15 is 0 Å². The van der Waals surface area contributed by atoms with E-state index in [1.807, 2.05) is 29.6 Å². The predicted molar refractivity (Wildman–Crippen MR) is 87.6 cm³/mol. The van der Waals surface area contributed by atoms with Gasteiger partial charge in [0.2, 0.25) is 0 Å². The fourth-order valence-corrected chi connectivity index (χ4v) is 3.39. The van der Waals surface area contributed by atoms with E-state index in [2.05, 4.69) is 15.4 Å². The van der Waals surface area contributed by atoms with Gasteiger partial charge in [-0.25, -0.2) is 5.43 Å². The summed E-state index contributed by atoms with van der Waals surface area (Å²) in [5.41, 5.74) is 4.58. The van der Waals surface area contributed by atoms with E-state index in [0.717, 1.165) is 23.3 Å². The van der Waals surface area contributed by atoms with Crippen molar-refractivity contribution in [3.63, 3.8) is 0 Å². The monoisotopic (exact) mass is 344 g/mol. The first-order valence-electron chi connectivity index (χ1n) is 7.85. The number of benzene rings is 1. The summed E-state index contributed by atoms with van der Waals surface area (Å²) in [5, 5.41) is 1.94. The lowest BCUT2D eigenvalue weighted by Gasteiger charge is -2.24. The molecule has 1 aromatic carbocycles. The Kier molecular flexibility index (Phi) is 3.80. The molecule has 0 saturated carbocycles. The Morgan fingerprint density at radius 1 is 0.960 bits per heavy atom. The molecule has 0 aliphatic carbocycles. The van der Waals surface area contributed by atoms with Crippen LogP contribution < -0.4 is 5.43 Å². The molecule has 7 heteroatoms. The summed E-state index contributed by atoms with van der Waals surface area (Å²) < 4.78 is 38.5. The van der Waals surface area contributed by atoms with Crippen molar-refractivity contribution in [1.29, 1.82) is 0 Å². The van der Waals surface area contributed by atoms with Crippen LogP contribution in [0.2, 0.25) is 0 Å². The Bertz CT molecular complexity index is 799. The van der Waals surface area contributed by atoms with E-state index in [9.17, 15) is 13.2 Å². The van der Waals surface area contributed by atoms with Gasteiger partial charge in [0.25, 0.3) is 0 Å². The summed E-state index contributed by atoms with van der Waals surface area (Å²) in [6.07, 6.45) is 4.47. The van der Waals surface area contributed by atoms with Gasteiger partial charge in [0.05, 0.1) is 17.6 Å². The quantitative estimate of drug-likeness (QED) is 0.904. The second-order valence-electron chi connectivity index (χ2n) is 6.03. The third-order valence-corrected chi connectivity index (χ3v) is 4.58. The van der Waals surface area contributed by atoms with Gasteiger partial charge in [0.15, 0.2) is 0 Å². The summed E-state index contributed by atoms with van der Waals surface area (Å²) in [4.78, 5) is 8.27. The van der Waals surface area contributed by atoms with Gasteiger partial charge in [-0.15, -0.1) is 0 Å². The van der Waals surface area contributed by atoms with Crippen molar-refractivity contribution in [3.8, 4) is 0 Å². The molecule has 25 heavy (non-hydrogen) atoms. The molecule has 2 aliphatic heterocycles. The lowest BCUT2D eigenvalue weighted by Crippen LogP contribution is -2.35. The molecule has 3 atom stereocenters. The zero-order valence-electron chi connectivity index (χ0n) is 13.1. The lowest BCUT2D eigenvalue weighted by atomic mass is 9.84. The van der Waals surface area contributed by atoms with Crippen LogP contribution in [0.4, 0.5) is 13.2 Å². The molecule has 0 spiro atoms. The molecule has 1 fully saturated rings. The van der Waals surface area contributed by atoms with E-state index in [1.54, 1.807) is 18.6 Å². The molecule has 2 aromatic rings. The van der Waals surface area contributed by atoms with Crippen LogP contribution in [-0.4, -0.2) is 22.2 Å². The van der Waals surface area contributed by atoms with Gasteiger partial charge in [0.1, 0.15) is 0 Å². The second kappa shape index (κ2) is 6.00. The summed E-state index contributed by atoms with van der Waals surface area (Å²) in [5.74, 6) is 0.00781. The van der Waals surface area contributed by atoms with Crippen LogP contribution in [0.5, 0.6) is 0 Å². The number of alkyl halides is 3. The van der Waals surface area contributed by atoms with Crippen LogP contribution >= 0.6 is 0 Å². The van der Waals surface area contributed by atoms with Gasteiger partial charge in [0, 0.05) is 36.9 Å². The lowest BCUT2D eigenvalue weighted by molar-refractivity contribution is -0.137. The van der Waals surface area contributed by atoms with Crippen LogP contribution in [0.25, 0.3) is 0 Å². The van der Waals surface area contributed by atoms with Crippen LogP contribution in [0, 0.1) is 0 Å². The number of hydrogen-bond donors (Lipinski definition) is 1. The summed E-state index contributed by atoms with van der Waals surface area (Å²) in [6.45, 7) is 0. The number of nitrogens with zero attached hydrogens (tertiary/aromatic N) is 3. The van der Waals surface area contributed by atoms with E-state index < -0.39 is 11.7 Å². The molecule has 0 bridgehead atoms. The first-order chi connectivity index (χ1) is 12.0. The zero-order valence-corrected chi connectivity index (χ0v) is 13.1. The SMILES string of the molecule is FC(F)(F)c1ccc(C2NN3C=CN=CC3C2c2ccncc2)cc1. The van der Waals surface area contributed by atoms with Gasteiger partial charge in [-0.3, -0.25) is 9.98 Å². The number of pyridine rings is 1. The average molecular weight is 344 g/mol. The molecule has 128 valence electrons. The largest absolute Gasteiger partial charge is 0.416 e. The molecule has 3 unspecified atom stereocenters. The number of rotatable bonds is 2. The van der Waals surface area contributed by atoms with Gasteiger partial charge >= 0.3 is 6.18 Å². The maximum Gasteiger partial charge on any atom is 0.416 e. The number of halogens is 3. The van der Waals surface area contributed by atoms with Crippen molar-refractivity contribution in [2.24, 2.45) is 4.99 Å². The fourth-order valence-electron chi connectivity index (χ4n) is 3.39. The molecule has 2 aliphatic rings. The van der Waals surface area contributed by atoms with Crippen LogP contribution in [-0.2, 0) is 6.18 Å². The molecule has 4 rings (SSSR count). The van der Waals surface area contributed by atoms with Crippen LogP contribution in [0.15, 0.2) is 66.2 Å². The highest BCUT2D eigenvalue weighted by Crippen LogP contribution is 2.41. The van der Waals surface area contributed by atoms with E-state index in [-0.39, 0.29) is 18.0 Å². The summed E-state index contributed by atoms with van der Waals surface area (Å²) in [7, 11) is 0. The number of fused-ring (bicyclic) bond motifs is 1. The fraction of sp³-hybridized carbons (Fsp3) is 0.222. The van der Waals surface area contributed by atoms with Gasteiger partial charge in [-0.05, 0) is 35.4 Å². The van der Waals surface area contributed by atoms with Crippen molar-refractivity contribution in [2.75, 3.05) is 0 Å². The first kappa shape index (κ1) is 15.8. The maximum atomic E-state index is 12.8. The van der Waals surface area contributed by atoms with Crippen molar-refractivity contribution in [1.82, 2.24) is 15.4 Å². The average Bonchev–Trinajstić information content (AvgIpc) is 3.01. The minimum atomic E-state index is -4.33. The smallest absolute Gasteiger partial charge is 0.304 e. The van der Waals surface area contributed by atoms with Crippen LogP contribution in [0.3, 0.4) is 0 Å². The second-order valence-corrected chi connectivity index (χ2v) is 6.03. The Hall–Kier alpha value is -2.67. The molecule has 0 radical (unpaired) electrons. The molecular formula is C18H15F3N4. The Morgan fingerprint density at radius 2 is 1.68 bits per heavy atom. The molecule has 1 saturated heterocycles. The molecule has 1 N–H and O–H groups in total. The summed E-state index contributed by atoms with van der Waals surface area (Å²) in [6, 6.07) is 9.01. The number of hydrazine groups is 1. The van der Waals surface area contributed by atoms with Crippen LogP contribution in [0.1, 0.15) is 28.7 Å². The highest BCUT2D eigenvalue weighted by molar-refractivity contribution is 5.69. The number of nitrogens with one attached hydrogen (secondary N) is 1. The van der Waals surface area contributed by atoms with Crippen molar-refractivity contribution < 1.29 is 13.2 Å². The third kappa shape index (κ3) is 2.91. The topological polar surface area (TPSA) is 40.5 Å². The normalized spacial score (nSPS) is 25.2. The summed E-state index contributed by atoms with van der Waals surface area (Å²) >= 11 is 0. The van der Waals surface area contributed by atoms with Crippen molar-refractivity contribution in [2.45, 2.75) is 24.2 Å². The minimum Gasteiger partial charge on any atom is -0.304 e. The predicted octanol–water partition coefficient (Wildman–Crippen LogP) is 3.67. The van der Waals surface area contributed by atoms with E-state index in [4.69, 9.17) is 0 Å². The zero-order chi connectivity index (χ0) is 17.4. The molecule has 1 aromatic heterocycles. The highest BCUT2D eigenvalue weighted by atomic mass is 19.4. The molecular weight excluding hydrogens is 329 g/mol. The van der Waals surface area contributed by atoms with Gasteiger partial charge in [-0.2, -0.15) is 13.2 Å². The minimum absolute atomic E-state index is 0.00781.